The van der Waals surface area contributed by atoms with Gasteiger partial charge >= 0.3 is 0 Å². The van der Waals surface area contributed by atoms with Gasteiger partial charge in [-0.2, -0.15) is 4.98 Å². The zero-order valence-corrected chi connectivity index (χ0v) is 13.4. The Hall–Kier alpha value is -1.89. The fraction of sp³-hybridized carbons (Fsp3) is 0.500. The highest BCUT2D eigenvalue weighted by Gasteiger charge is 2.28. The standard InChI is InChI=1S/C14H20N6S/c1-18(2)12-4-6-15-13(17-12)19(3)11-5-8-20(10-11)14-16-7-9-21-14/h4,6-7,9,11H,5,8,10H2,1-3H3. The Morgan fingerprint density at radius 3 is 2.81 bits per heavy atom. The number of hydrogen-bond donors (Lipinski definition) is 0. The molecule has 0 aliphatic carbocycles. The lowest BCUT2D eigenvalue weighted by atomic mass is 10.2. The summed E-state index contributed by atoms with van der Waals surface area (Å²) in [5.41, 5.74) is 0. The van der Waals surface area contributed by atoms with Gasteiger partial charge in [-0.1, -0.05) is 0 Å². The number of aromatic nitrogens is 3. The summed E-state index contributed by atoms with van der Waals surface area (Å²) in [7, 11) is 6.06. The van der Waals surface area contributed by atoms with Crippen LogP contribution in [-0.4, -0.2) is 55.2 Å². The molecule has 21 heavy (non-hydrogen) atoms. The topological polar surface area (TPSA) is 48.4 Å². The second kappa shape index (κ2) is 5.85. The van der Waals surface area contributed by atoms with E-state index in [1.54, 1.807) is 11.3 Å². The summed E-state index contributed by atoms with van der Waals surface area (Å²) in [6.07, 6.45) is 4.79. The Morgan fingerprint density at radius 1 is 1.24 bits per heavy atom. The van der Waals surface area contributed by atoms with Crippen LogP contribution in [0, 0.1) is 0 Å². The van der Waals surface area contributed by atoms with E-state index in [1.807, 2.05) is 42.8 Å². The predicted molar refractivity (Wildman–Crippen MR) is 87.5 cm³/mol. The van der Waals surface area contributed by atoms with Crippen LogP contribution in [0.1, 0.15) is 6.42 Å². The van der Waals surface area contributed by atoms with E-state index in [1.165, 1.54) is 0 Å². The van der Waals surface area contributed by atoms with Crippen molar-refractivity contribution in [3.8, 4) is 0 Å². The first-order valence-electron chi connectivity index (χ1n) is 7.03. The highest BCUT2D eigenvalue weighted by molar-refractivity contribution is 7.13. The summed E-state index contributed by atoms with van der Waals surface area (Å²) in [5, 5.41) is 3.13. The van der Waals surface area contributed by atoms with Gasteiger partial charge < -0.3 is 14.7 Å². The van der Waals surface area contributed by atoms with Crippen molar-refractivity contribution in [1.29, 1.82) is 0 Å². The quantitative estimate of drug-likeness (QED) is 0.857. The minimum atomic E-state index is 0.423. The molecule has 0 saturated carbocycles. The van der Waals surface area contributed by atoms with Crippen LogP contribution >= 0.6 is 11.3 Å². The lowest BCUT2D eigenvalue weighted by Gasteiger charge is -2.25. The van der Waals surface area contributed by atoms with Gasteiger partial charge in [0, 0.05) is 52.0 Å². The van der Waals surface area contributed by atoms with E-state index in [-0.39, 0.29) is 0 Å². The zero-order chi connectivity index (χ0) is 14.8. The van der Waals surface area contributed by atoms with Crippen LogP contribution in [0.3, 0.4) is 0 Å². The van der Waals surface area contributed by atoms with Crippen molar-refractivity contribution >= 4 is 28.2 Å². The minimum Gasteiger partial charge on any atom is -0.363 e. The Kier molecular flexibility index (Phi) is 3.92. The number of nitrogens with zero attached hydrogens (tertiary/aromatic N) is 6. The molecule has 3 heterocycles. The molecule has 1 atom stereocenters. The van der Waals surface area contributed by atoms with Gasteiger partial charge in [-0.3, -0.25) is 0 Å². The fourth-order valence-corrected chi connectivity index (χ4v) is 3.21. The minimum absolute atomic E-state index is 0.423. The largest absolute Gasteiger partial charge is 0.363 e. The maximum Gasteiger partial charge on any atom is 0.227 e. The Bertz CT molecular complexity index is 585. The van der Waals surface area contributed by atoms with E-state index in [0.717, 1.165) is 36.4 Å². The second-order valence-electron chi connectivity index (χ2n) is 5.42. The van der Waals surface area contributed by atoms with Crippen molar-refractivity contribution in [2.75, 3.05) is 48.9 Å². The molecule has 2 aromatic heterocycles. The van der Waals surface area contributed by atoms with E-state index in [2.05, 4.69) is 31.8 Å². The van der Waals surface area contributed by atoms with Crippen molar-refractivity contribution in [3.63, 3.8) is 0 Å². The second-order valence-corrected chi connectivity index (χ2v) is 6.30. The van der Waals surface area contributed by atoms with E-state index in [4.69, 9.17) is 0 Å². The molecule has 112 valence electrons. The van der Waals surface area contributed by atoms with Gasteiger partial charge in [0.2, 0.25) is 5.95 Å². The van der Waals surface area contributed by atoms with Crippen LogP contribution < -0.4 is 14.7 Å². The lowest BCUT2D eigenvalue weighted by molar-refractivity contribution is 0.674. The highest BCUT2D eigenvalue weighted by Crippen LogP contribution is 2.26. The third-order valence-corrected chi connectivity index (χ3v) is 4.63. The third kappa shape index (κ3) is 2.92. The van der Waals surface area contributed by atoms with Crippen molar-refractivity contribution in [1.82, 2.24) is 15.0 Å². The van der Waals surface area contributed by atoms with Gasteiger partial charge in [0.25, 0.3) is 0 Å². The average Bonchev–Trinajstić information content (AvgIpc) is 3.17. The van der Waals surface area contributed by atoms with Crippen LogP contribution in [-0.2, 0) is 0 Å². The summed E-state index contributed by atoms with van der Waals surface area (Å²) >= 11 is 1.69. The first-order chi connectivity index (χ1) is 10.1. The van der Waals surface area contributed by atoms with Gasteiger partial charge in [-0.15, -0.1) is 11.3 Å². The number of hydrogen-bond acceptors (Lipinski definition) is 7. The van der Waals surface area contributed by atoms with Crippen LogP contribution in [0.4, 0.5) is 16.9 Å². The van der Waals surface area contributed by atoms with Crippen LogP contribution in [0.15, 0.2) is 23.8 Å². The van der Waals surface area contributed by atoms with Crippen LogP contribution in [0.25, 0.3) is 0 Å². The number of anilines is 3. The number of likely N-dealkylation sites (N-methyl/N-ethyl adjacent to an activating group) is 1. The normalized spacial score (nSPS) is 18.0. The van der Waals surface area contributed by atoms with Gasteiger partial charge in [0.15, 0.2) is 5.13 Å². The maximum absolute atomic E-state index is 4.61. The first-order valence-corrected chi connectivity index (χ1v) is 7.91. The first kappa shape index (κ1) is 14.1. The SMILES string of the molecule is CN(C)c1ccnc(N(C)C2CCN(c3nccs3)C2)n1. The Morgan fingerprint density at radius 2 is 2.10 bits per heavy atom. The summed E-state index contributed by atoms with van der Waals surface area (Å²) in [4.78, 5) is 19.9. The van der Waals surface area contributed by atoms with Gasteiger partial charge in [-0.05, 0) is 12.5 Å². The molecule has 1 aliphatic heterocycles. The molecule has 1 aliphatic rings. The molecule has 1 saturated heterocycles. The molecular weight excluding hydrogens is 284 g/mol. The van der Waals surface area contributed by atoms with Crippen molar-refractivity contribution in [2.24, 2.45) is 0 Å². The molecule has 6 nitrogen and oxygen atoms in total. The Balaban J connectivity index is 1.71. The highest BCUT2D eigenvalue weighted by atomic mass is 32.1. The molecule has 0 spiro atoms. The molecule has 0 amide bonds. The number of rotatable bonds is 4. The fourth-order valence-electron chi connectivity index (χ4n) is 2.53. The van der Waals surface area contributed by atoms with Crippen molar-refractivity contribution in [3.05, 3.63) is 23.8 Å². The van der Waals surface area contributed by atoms with Crippen molar-refractivity contribution in [2.45, 2.75) is 12.5 Å². The summed E-state index contributed by atoms with van der Waals surface area (Å²) < 4.78 is 0. The molecular formula is C14H20N6S. The van der Waals surface area contributed by atoms with E-state index >= 15 is 0 Å². The summed E-state index contributed by atoms with van der Waals surface area (Å²) in [6, 6.07) is 2.35. The smallest absolute Gasteiger partial charge is 0.227 e. The molecule has 7 heteroatoms. The van der Waals surface area contributed by atoms with Gasteiger partial charge in [-0.25, -0.2) is 9.97 Å². The monoisotopic (exact) mass is 304 g/mol. The molecule has 1 unspecified atom stereocenters. The lowest BCUT2D eigenvalue weighted by Crippen LogP contribution is -2.35. The Labute approximate surface area is 129 Å². The van der Waals surface area contributed by atoms with Crippen molar-refractivity contribution < 1.29 is 0 Å². The van der Waals surface area contributed by atoms with E-state index in [0.29, 0.717) is 6.04 Å². The molecule has 0 radical (unpaired) electrons. The van der Waals surface area contributed by atoms with Crippen LogP contribution in [0.2, 0.25) is 0 Å². The summed E-state index contributed by atoms with van der Waals surface area (Å²) in [5.74, 6) is 1.72. The average molecular weight is 304 g/mol. The third-order valence-electron chi connectivity index (χ3n) is 3.80. The predicted octanol–water partition coefficient (Wildman–Crippen LogP) is 1.71. The molecule has 1 fully saturated rings. The number of thiazole rings is 1. The van der Waals surface area contributed by atoms with E-state index in [9.17, 15) is 0 Å². The molecule has 0 aromatic carbocycles. The van der Waals surface area contributed by atoms with Gasteiger partial charge in [0.1, 0.15) is 5.82 Å². The van der Waals surface area contributed by atoms with Crippen LogP contribution in [0.5, 0.6) is 0 Å². The maximum atomic E-state index is 4.61. The summed E-state index contributed by atoms with van der Waals surface area (Å²) in [6.45, 7) is 2.01. The molecule has 2 aromatic rings. The molecule has 0 bridgehead atoms. The van der Waals surface area contributed by atoms with E-state index < -0.39 is 0 Å². The zero-order valence-electron chi connectivity index (χ0n) is 12.6. The van der Waals surface area contributed by atoms with Gasteiger partial charge in [0.05, 0.1) is 6.04 Å². The molecule has 3 rings (SSSR count). The molecule has 0 N–H and O–H groups in total.